The Balaban J connectivity index is 2.46. The van der Waals surface area contributed by atoms with Crippen LogP contribution >= 0.6 is 0 Å². The van der Waals surface area contributed by atoms with Crippen molar-refractivity contribution in [2.75, 3.05) is 0 Å². The summed E-state index contributed by atoms with van der Waals surface area (Å²) in [7, 11) is 0. The predicted molar refractivity (Wildman–Crippen MR) is 55.9 cm³/mol. The number of rotatable bonds is 1. The van der Waals surface area contributed by atoms with Crippen LogP contribution in [0, 0.1) is 13.8 Å². The highest BCUT2D eigenvalue weighted by atomic mass is 14.8. The number of hydrogen-bond donors (Lipinski definition) is 1. The molecule has 0 spiro atoms. The maximum atomic E-state index is 5.95. The number of hydrogen-bond acceptors (Lipinski definition) is 1. The Morgan fingerprint density at radius 2 is 2.00 bits per heavy atom. The van der Waals surface area contributed by atoms with Crippen molar-refractivity contribution in [3.8, 4) is 0 Å². The molecule has 0 heterocycles. The van der Waals surface area contributed by atoms with Crippen molar-refractivity contribution in [2.24, 2.45) is 5.73 Å². The lowest BCUT2D eigenvalue weighted by atomic mass is 9.91. The molecule has 2 atom stereocenters. The van der Waals surface area contributed by atoms with E-state index in [-0.39, 0.29) is 5.41 Å². The SMILES string of the molecule is Cc1ccc(C)c(C2(C)CC2N)c1. The highest BCUT2D eigenvalue weighted by molar-refractivity contribution is 5.42. The summed E-state index contributed by atoms with van der Waals surface area (Å²) in [6, 6.07) is 7.01. The fourth-order valence-corrected chi connectivity index (χ4v) is 2.06. The van der Waals surface area contributed by atoms with Crippen molar-refractivity contribution < 1.29 is 0 Å². The molecule has 70 valence electrons. The van der Waals surface area contributed by atoms with Gasteiger partial charge >= 0.3 is 0 Å². The van der Waals surface area contributed by atoms with Gasteiger partial charge in [0.25, 0.3) is 0 Å². The third-order valence-corrected chi connectivity index (χ3v) is 3.31. The topological polar surface area (TPSA) is 26.0 Å². The Kier molecular flexibility index (Phi) is 1.74. The first kappa shape index (κ1) is 8.76. The Labute approximate surface area is 80.0 Å². The molecule has 1 aromatic carbocycles. The van der Waals surface area contributed by atoms with E-state index >= 15 is 0 Å². The third kappa shape index (κ3) is 1.28. The summed E-state index contributed by atoms with van der Waals surface area (Å²) in [5.41, 5.74) is 10.4. The molecule has 1 aliphatic rings. The molecule has 2 unspecified atom stereocenters. The minimum absolute atomic E-state index is 0.260. The Bertz CT molecular complexity index is 343. The number of benzene rings is 1. The predicted octanol–water partition coefficient (Wildman–Crippen LogP) is 2.29. The summed E-state index contributed by atoms with van der Waals surface area (Å²) in [6.07, 6.45) is 1.14. The van der Waals surface area contributed by atoms with Crippen LogP contribution in [-0.2, 0) is 5.41 Å². The van der Waals surface area contributed by atoms with Crippen molar-refractivity contribution in [2.45, 2.75) is 38.6 Å². The minimum Gasteiger partial charge on any atom is -0.327 e. The summed E-state index contributed by atoms with van der Waals surface area (Å²) in [6.45, 7) is 6.57. The molecule has 2 N–H and O–H groups in total. The minimum atomic E-state index is 0.260. The maximum absolute atomic E-state index is 5.95. The van der Waals surface area contributed by atoms with Gasteiger partial charge in [-0.15, -0.1) is 0 Å². The summed E-state index contributed by atoms with van der Waals surface area (Å²) in [5.74, 6) is 0. The second-order valence-corrected chi connectivity index (χ2v) is 4.55. The van der Waals surface area contributed by atoms with Crippen LogP contribution in [0.1, 0.15) is 30.0 Å². The number of nitrogens with two attached hydrogens (primary N) is 1. The average molecular weight is 175 g/mol. The maximum Gasteiger partial charge on any atom is 0.0143 e. The fraction of sp³-hybridized carbons (Fsp3) is 0.500. The van der Waals surface area contributed by atoms with Gasteiger partial charge < -0.3 is 5.73 Å². The van der Waals surface area contributed by atoms with Gasteiger partial charge in [-0.1, -0.05) is 30.7 Å². The molecule has 0 radical (unpaired) electrons. The van der Waals surface area contributed by atoms with Crippen LogP contribution < -0.4 is 5.73 Å². The van der Waals surface area contributed by atoms with Crippen molar-refractivity contribution >= 4 is 0 Å². The molecule has 1 fully saturated rings. The van der Waals surface area contributed by atoms with E-state index in [2.05, 4.69) is 39.0 Å². The first-order chi connectivity index (χ1) is 6.04. The van der Waals surface area contributed by atoms with Crippen LogP contribution in [0.4, 0.5) is 0 Å². The van der Waals surface area contributed by atoms with Gasteiger partial charge in [-0.2, -0.15) is 0 Å². The Morgan fingerprint density at radius 1 is 1.38 bits per heavy atom. The van der Waals surface area contributed by atoms with Crippen LogP contribution in [0.5, 0.6) is 0 Å². The molecular weight excluding hydrogens is 158 g/mol. The van der Waals surface area contributed by atoms with Gasteiger partial charge in [-0.3, -0.25) is 0 Å². The second-order valence-electron chi connectivity index (χ2n) is 4.55. The molecular formula is C12H17N. The Hall–Kier alpha value is -0.820. The van der Waals surface area contributed by atoms with Gasteiger partial charge in [-0.25, -0.2) is 0 Å². The van der Waals surface area contributed by atoms with E-state index in [1.54, 1.807) is 0 Å². The van der Waals surface area contributed by atoms with E-state index in [1.165, 1.54) is 16.7 Å². The molecule has 0 bridgehead atoms. The summed E-state index contributed by atoms with van der Waals surface area (Å²) in [5, 5.41) is 0. The normalized spacial score (nSPS) is 31.8. The first-order valence-corrected chi connectivity index (χ1v) is 4.87. The molecule has 13 heavy (non-hydrogen) atoms. The lowest BCUT2D eigenvalue weighted by Crippen LogP contribution is -2.15. The van der Waals surface area contributed by atoms with Crippen LogP contribution in [0.2, 0.25) is 0 Å². The van der Waals surface area contributed by atoms with Crippen molar-refractivity contribution in [1.82, 2.24) is 0 Å². The third-order valence-electron chi connectivity index (χ3n) is 3.31. The molecule has 1 heteroatoms. The number of aryl methyl sites for hydroxylation is 2. The van der Waals surface area contributed by atoms with E-state index in [9.17, 15) is 0 Å². The van der Waals surface area contributed by atoms with Gasteiger partial charge in [0.1, 0.15) is 0 Å². The molecule has 0 aliphatic heterocycles. The molecule has 1 saturated carbocycles. The van der Waals surface area contributed by atoms with E-state index in [0.717, 1.165) is 6.42 Å². The summed E-state index contributed by atoms with van der Waals surface area (Å²) >= 11 is 0. The summed E-state index contributed by atoms with van der Waals surface area (Å²) in [4.78, 5) is 0. The van der Waals surface area contributed by atoms with Crippen molar-refractivity contribution in [3.05, 3.63) is 34.9 Å². The van der Waals surface area contributed by atoms with Crippen LogP contribution in [0.3, 0.4) is 0 Å². The molecule has 1 aliphatic carbocycles. The lowest BCUT2D eigenvalue weighted by molar-refractivity contribution is 0.733. The van der Waals surface area contributed by atoms with Crippen molar-refractivity contribution in [1.29, 1.82) is 0 Å². The molecule has 0 saturated heterocycles. The highest BCUT2D eigenvalue weighted by Gasteiger charge is 2.49. The highest BCUT2D eigenvalue weighted by Crippen LogP contribution is 2.47. The first-order valence-electron chi connectivity index (χ1n) is 4.87. The molecule has 0 amide bonds. The second kappa shape index (κ2) is 2.58. The zero-order chi connectivity index (χ0) is 9.64. The van der Waals surface area contributed by atoms with Crippen molar-refractivity contribution in [3.63, 3.8) is 0 Å². The monoisotopic (exact) mass is 175 g/mol. The molecule has 2 rings (SSSR count). The van der Waals surface area contributed by atoms with Gasteiger partial charge in [0.2, 0.25) is 0 Å². The van der Waals surface area contributed by atoms with Gasteiger partial charge in [0, 0.05) is 11.5 Å². The van der Waals surface area contributed by atoms with Gasteiger partial charge in [0.05, 0.1) is 0 Å². The quantitative estimate of drug-likeness (QED) is 0.696. The largest absolute Gasteiger partial charge is 0.327 e. The molecule has 0 aromatic heterocycles. The standard InChI is InChI=1S/C12H17N/c1-8-4-5-9(2)10(6-8)12(3)7-11(12)13/h4-6,11H,7,13H2,1-3H3. The Morgan fingerprint density at radius 3 is 2.54 bits per heavy atom. The van der Waals surface area contributed by atoms with E-state index in [0.29, 0.717) is 6.04 Å². The molecule has 1 aromatic rings. The molecule has 1 nitrogen and oxygen atoms in total. The lowest BCUT2D eigenvalue weighted by Gasteiger charge is -2.14. The van der Waals surface area contributed by atoms with Crippen LogP contribution in [-0.4, -0.2) is 6.04 Å². The van der Waals surface area contributed by atoms with E-state index in [1.807, 2.05) is 0 Å². The smallest absolute Gasteiger partial charge is 0.0143 e. The zero-order valence-electron chi connectivity index (χ0n) is 8.59. The summed E-state index contributed by atoms with van der Waals surface area (Å²) < 4.78 is 0. The van der Waals surface area contributed by atoms with E-state index in [4.69, 9.17) is 5.73 Å². The fourth-order valence-electron chi connectivity index (χ4n) is 2.06. The van der Waals surface area contributed by atoms with Gasteiger partial charge in [-0.05, 0) is 31.4 Å². The average Bonchev–Trinajstić information content (AvgIpc) is 2.66. The van der Waals surface area contributed by atoms with Crippen LogP contribution in [0.15, 0.2) is 18.2 Å². The zero-order valence-corrected chi connectivity index (χ0v) is 8.59. The van der Waals surface area contributed by atoms with Gasteiger partial charge in [0.15, 0.2) is 0 Å². The van der Waals surface area contributed by atoms with E-state index < -0.39 is 0 Å². The van der Waals surface area contributed by atoms with Crippen LogP contribution in [0.25, 0.3) is 0 Å².